The summed E-state index contributed by atoms with van der Waals surface area (Å²) in [7, 11) is 1.73. The first-order valence-corrected chi connectivity index (χ1v) is 11.3. The van der Waals surface area contributed by atoms with Crippen molar-refractivity contribution in [1.29, 1.82) is 0 Å². The van der Waals surface area contributed by atoms with Crippen LogP contribution in [0.5, 0.6) is 0 Å². The zero-order valence-corrected chi connectivity index (χ0v) is 18.4. The number of fused-ring (bicyclic) bond motifs is 1. The SMILES string of the molecule is COCCN1CCN(c2cc(C(=O)O)nc3c2c(C2CCC2)nn3-c2ccccc2)CC1. The maximum absolute atomic E-state index is 12.0. The van der Waals surface area contributed by atoms with Crippen LogP contribution in [-0.4, -0.2) is 77.2 Å². The van der Waals surface area contributed by atoms with E-state index in [1.54, 1.807) is 13.2 Å². The number of hydrogen-bond acceptors (Lipinski definition) is 6. The smallest absolute Gasteiger partial charge is 0.354 e. The fraction of sp³-hybridized carbons (Fsp3) is 0.458. The number of carboxylic acids is 1. The lowest BCUT2D eigenvalue weighted by atomic mass is 9.82. The average molecular weight is 436 g/mol. The van der Waals surface area contributed by atoms with Crippen LogP contribution in [0.1, 0.15) is 41.4 Å². The normalized spacial score (nSPS) is 17.6. The molecule has 2 aliphatic rings. The van der Waals surface area contributed by atoms with E-state index in [4.69, 9.17) is 9.84 Å². The minimum Gasteiger partial charge on any atom is -0.477 e. The number of benzene rings is 1. The molecule has 2 aromatic heterocycles. The maximum Gasteiger partial charge on any atom is 0.354 e. The summed E-state index contributed by atoms with van der Waals surface area (Å²) >= 11 is 0. The second kappa shape index (κ2) is 8.88. The molecule has 2 fully saturated rings. The van der Waals surface area contributed by atoms with Gasteiger partial charge in [0.15, 0.2) is 11.3 Å². The second-order valence-corrected chi connectivity index (χ2v) is 8.61. The number of ether oxygens (including phenoxy) is 1. The first kappa shape index (κ1) is 20.9. The molecule has 0 unspecified atom stereocenters. The molecule has 1 aromatic carbocycles. The van der Waals surface area contributed by atoms with Crippen LogP contribution in [0, 0.1) is 0 Å². The molecule has 3 aromatic rings. The number of rotatable bonds is 7. The minimum absolute atomic E-state index is 0.0616. The van der Waals surface area contributed by atoms with E-state index >= 15 is 0 Å². The number of piperazine rings is 1. The highest BCUT2D eigenvalue weighted by molar-refractivity contribution is 5.98. The van der Waals surface area contributed by atoms with Crippen molar-refractivity contribution in [3.63, 3.8) is 0 Å². The Morgan fingerprint density at radius 3 is 2.53 bits per heavy atom. The molecule has 1 saturated carbocycles. The molecule has 0 amide bonds. The van der Waals surface area contributed by atoms with E-state index < -0.39 is 5.97 Å². The van der Waals surface area contributed by atoms with E-state index in [0.29, 0.717) is 11.6 Å². The van der Waals surface area contributed by atoms with Crippen LogP contribution in [0.2, 0.25) is 0 Å². The van der Waals surface area contributed by atoms with E-state index in [1.165, 1.54) is 6.42 Å². The third kappa shape index (κ3) is 3.84. The zero-order chi connectivity index (χ0) is 22.1. The number of carbonyl (C=O) groups is 1. The fourth-order valence-corrected chi connectivity index (χ4v) is 4.63. The van der Waals surface area contributed by atoms with Gasteiger partial charge in [0, 0.05) is 45.8 Å². The first-order valence-electron chi connectivity index (χ1n) is 11.3. The van der Waals surface area contributed by atoms with Crippen molar-refractivity contribution in [3.05, 3.63) is 47.8 Å². The molecule has 3 heterocycles. The molecule has 168 valence electrons. The van der Waals surface area contributed by atoms with Crippen LogP contribution in [0.15, 0.2) is 36.4 Å². The number of aromatic carboxylic acids is 1. The van der Waals surface area contributed by atoms with Gasteiger partial charge in [-0.05, 0) is 31.0 Å². The highest BCUT2D eigenvalue weighted by Crippen LogP contribution is 2.42. The maximum atomic E-state index is 12.0. The van der Waals surface area contributed by atoms with Crippen LogP contribution in [0.3, 0.4) is 0 Å². The topological polar surface area (TPSA) is 83.7 Å². The summed E-state index contributed by atoms with van der Waals surface area (Å²) < 4.78 is 7.05. The van der Waals surface area contributed by atoms with Crippen LogP contribution >= 0.6 is 0 Å². The van der Waals surface area contributed by atoms with Gasteiger partial charge in [0.2, 0.25) is 0 Å². The number of anilines is 1. The van der Waals surface area contributed by atoms with Gasteiger partial charge in [0.25, 0.3) is 0 Å². The zero-order valence-electron chi connectivity index (χ0n) is 18.4. The van der Waals surface area contributed by atoms with E-state index in [0.717, 1.165) is 74.6 Å². The largest absolute Gasteiger partial charge is 0.477 e. The summed E-state index contributed by atoms with van der Waals surface area (Å²) in [6.07, 6.45) is 3.44. The Morgan fingerprint density at radius 1 is 1.16 bits per heavy atom. The van der Waals surface area contributed by atoms with Gasteiger partial charge in [0.1, 0.15) is 0 Å². The predicted octanol–water partition coefficient (Wildman–Crippen LogP) is 3.15. The Balaban J connectivity index is 1.62. The lowest BCUT2D eigenvalue weighted by Crippen LogP contribution is -2.47. The van der Waals surface area contributed by atoms with Crippen molar-refractivity contribution >= 4 is 22.7 Å². The van der Waals surface area contributed by atoms with Crippen molar-refractivity contribution in [2.45, 2.75) is 25.2 Å². The molecular formula is C24H29N5O3. The molecule has 0 radical (unpaired) electrons. The van der Waals surface area contributed by atoms with Gasteiger partial charge in [-0.15, -0.1) is 0 Å². The van der Waals surface area contributed by atoms with Crippen molar-refractivity contribution in [1.82, 2.24) is 19.7 Å². The van der Waals surface area contributed by atoms with Crippen molar-refractivity contribution in [2.75, 3.05) is 51.3 Å². The number of hydrogen-bond donors (Lipinski definition) is 1. The summed E-state index contributed by atoms with van der Waals surface area (Å²) in [5, 5.41) is 15.8. The number of carboxylic acid groups (broad SMARTS) is 1. The third-order valence-electron chi connectivity index (χ3n) is 6.68. The fourth-order valence-electron chi connectivity index (χ4n) is 4.63. The van der Waals surface area contributed by atoms with Crippen LogP contribution < -0.4 is 4.90 Å². The summed E-state index contributed by atoms with van der Waals surface area (Å²) in [6, 6.07) is 11.6. The van der Waals surface area contributed by atoms with Crippen molar-refractivity contribution in [3.8, 4) is 5.69 Å². The third-order valence-corrected chi connectivity index (χ3v) is 6.68. The quantitative estimate of drug-likeness (QED) is 0.610. The minimum atomic E-state index is -1.02. The molecular weight excluding hydrogens is 406 g/mol. The van der Waals surface area contributed by atoms with Crippen molar-refractivity contribution in [2.24, 2.45) is 0 Å². The monoisotopic (exact) mass is 435 g/mol. The number of pyridine rings is 1. The highest BCUT2D eigenvalue weighted by Gasteiger charge is 2.31. The number of aromatic nitrogens is 3. The summed E-state index contributed by atoms with van der Waals surface area (Å²) in [4.78, 5) is 21.2. The van der Waals surface area contributed by atoms with Gasteiger partial charge in [-0.25, -0.2) is 14.5 Å². The molecule has 8 heteroatoms. The van der Waals surface area contributed by atoms with Gasteiger partial charge < -0.3 is 14.7 Å². The van der Waals surface area contributed by atoms with Gasteiger partial charge >= 0.3 is 5.97 Å². The van der Waals surface area contributed by atoms with Crippen LogP contribution in [0.25, 0.3) is 16.7 Å². The average Bonchev–Trinajstić information content (AvgIpc) is 3.16. The van der Waals surface area contributed by atoms with Gasteiger partial charge in [0.05, 0.1) is 29.1 Å². The molecule has 0 bridgehead atoms. The standard InChI is InChI=1S/C24H29N5O3/c1-32-15-14-27-10-12-28(13-11-27)20-16-19(24(30)31)25-23-21(20)22(17-6-5-7-17)26-29(23)18-8-3-2-4-9-18/h2-4,8-9,16-17H,5-7,10-15H2,1H3,(H,30,31). The first-order chi connectivity index (χ1) is 15.7. The van der Waals surface area contributed by atoms with Crippen LogP contribution in [0.4, 0.5) is 5.69 Å². The van der Waals surface area contributed by atoms with E-state index in [9.17, 15) is 9.90 Å². The Labute approximate surface area is 187 Å². The highest BCUT2D eigenvalue weighted by atomic mass is 16.5. The molecule has 5 rings (SSSR count). The molecule has 1 aliphatic carbocycles. The van der Waals surface area contributed by atoms with Crippen molar-refractivity contribution < 1.29 is 14.6 Å². The molecule has 0 spiro atoms. The molecule has 1 aliphatic heterocycles. The summed E-state index contributed by atoms with van der Waals surface area (Å²) in [5.41, 5.74) is 3.59. The van der Waals surface area contributed by atoms with E-state index in [2.05, 4.69) is 14.8 Å². The number of para-hydroxylation sites is 1. The summed E-state index contributed by atoms with van der Waals surface area (Å²) in [6.45, 7) is 5.14. The molecule has 1 N–H and O–H groups in total. The van der Waals surface area contributed by atoms with E-state index in [-0.39, 0.29) is 5.69 Å². The second-order valence-electron chi connectivity index (χ2n) is 8.61. The van der Waals surface area contributed by atoms with Gasteiger partial charge in [-0.3, -0.25) is 4.90 Å². The predicted molar refractivity (Wildman–Crippen MR) is 123 cm³/mol. The Morgan fingerprint density at radius 2 is 1.91 bits per heavy atom. The van der Waals surface area contributed by atoms with E-state index in [1.807, 2.05) is 35.0 Å². The lowest BCUT2D eigenvalue weighted by molar-refractivity contribution is 0.0691. The van der Waals surface area contributed by atoms with Crippen LogP contribution in [-0.2, 0) is 4.74 Å². The molecule has 32 heavy (non-hydrogen) atoms. The Bertz CT molecular complexity index is 1100. The van der Waals surface area contributed by atoms with Gasteiger partial charge in [-0.2, -0.15) is 5.10 Å². The number of nitrogens with zero attached hydrogens (tertiary/aromatic N) is 5. The lowest BCUT2D eigenvalue weighted by Gasteiger charge is -2.36. The summed E-state index contributed by atoms with van der Waals surface area (Å²) in [5.74, 6) is -0.612. The molecule has 8 nitrogen and oxygen atoms in total. The van der Waals surface area contributed by atoms with Gasteiger partial charge in [-0.1, -0.05) is 24.6 Å². The molecule has 1 saturated heterocycles. The number of methoxy groups -OCH3 is 1. The molecule has 0 atom stereocenters. The Kier molecular flexibility index (Phi) is 5.80. The Hall–Kier alpha value is -2.97.